The third kappa shape index (κ3) is 4.32. The first-order valence-corrected chi connectivity index (χ1v) is 15.1. The van der Waals surface area contributed by atoms with Gasteiger partial charge in [-0.1, -0.05) is 70.7 Å². The molecule has 6 rings (SSSR count). The summed E-state index contributed by atoms with van der Waals surface area (Å²) in [5.41, 5.74) is 0.644. The maximum Gasteiger partial charge on any atom is 0.246 e. The summed E-state index contributed by atoms with van der Waals surface area (Å²) in [5.74, 6) is -0.608. The zero-order chi connectivity index (χ0) is 27.5. The van der Waals surface area contributed by atoms with Gasteiger partial charge in [0, 0.05) is 17.8 Å². The van der Waals surface area contributed by atoms with E-state index in [-0.39, 0.29) is 29.8 Å². The number of carbonyl (C=O) groups excluding carboxylic acids is 3. The van der Waals surface area contributed by atoms with Crippen molar-refractivity contribution in [2.45, 2.75) is 102 Å². The third-order valence-electron chi connectivity index (χ3n) is 10.6. The highest BCUT2D eigenvalue weighted by molar-refractivity contribution is 6.03. The smallest absolute Gasteiger partial charge is 0.246 e. The van der Waals surface area contributed by atoms with E-state index in [9.17, 15) is 14.4 Å². The molecule has 2 saturated carbocycles. The lowest BCUT2D eigenvalue weighted by molar-refractivity contribution is -0.146. The molecule has 210 valence electrons. The van der Waals surface area contributed by atoms with Gasteiger partial charge in [0.25, 0.3) is 0 Å². The summed E-state index contributed by atoms with van der Waals surface area (Å²) in [6, 6.07) is 6.97. The molecule has 3 aliphatic heterocycles. The Morgan fingerprint density at radius 3 is 2.54 bits per heavy atom. The molecule has 0 aromatic heterocycles. The number of nitrogens with one attached hydrogen (secondary N) is 2. The van der Waals surface area contributed by atoms with Crippen LogP contribution < -0.4 is 10.6 Å². The summed E-state index contributed by atoms with van der Waals surface area (Å²) in [6.07, 6.45) is 10.6. The summed E-state index contributed by atoms with van der Waals surface area (Å²) in [6.45, 7) is 8.65. The Balaban J connectivity index is 1.34. The van der Waals surface area contributed by atoms with E-state index in [1.165, 1.54) is 6.42 Å². The first kappa shape index (κ1) is 26.5. The second kappa shape index (κ2) is 10.1. The first-order valence-electron chi connectivity index (χ1n) is 15.1. The van der Waals surface area contributed by atoms with Gasteiger partial charge < -0.3 is 20.3 Å². The van der Waals surface area contributed by atoms with Crippen molar-refractivity contribution >= 4 is 23.4 Å². The average molecular weight is 534 g/mol. The van der Waals surface area contributed by atoms with E-state index in [1.54, 1.807) is 0 Å². The predicted molar refractivity (Wildman–Crippen MR) is 150 cm³/mol. The molecule has 4 fully saturated rings. The monoisotopic (exact) mass is 533 g/mol. The molecule has 10 atom stereocenters. The molecular formula is C32H43N3O4. The van der Waals surface area contributed by atoms with Gasteiger partial charge in [-0.25, -0.2) is 0 Å². The van der Waals surface area contributed by atoms with Gasteiger partial charge in [-0.3, -0.25) is 14.4 Å². The topological polar surface area (TPSA) is 87.7 Å². The van der Waals surface area contributed by atoms with Crippen molar-refractivity contribution in [2.24, 2.45) is 29.6 Å². The highest BCUT2D eigenvalue weighted by atomic mass is 16.5. The van der Waals surface area contributed by atoms with E-state index >= 15 is 0 Å². The summed E-state index contributed by atoms with van der Waals surface area (Å²) < 4.78 is 6.58. The molecule has 1 aromatic rings. The number of amides is 3. The van der Waals surface area contributed by atoms with Crippen LogP contribution in [0.2, 0.25) is 0 Å². The summed E-state index contributed by atoms with van der Waals surface area (Å²) in [7, 11) is 0. The molecule has 3 amide bonds. The fourth-order valence-electron chi connectivity index (χ4n) is 8.27. The largest absolute Gasteiger partial charge is 0.359 e. The van der Waals surface area contributed by atoms with Crippen molar-refractivity contribution in [3.05, 3.63) is 42.0 Å². The Hall–Kier alpha value is -2.67. The molecule has 0 unspecified atom stereocenters. The number of aryl methyl sites for hydroxylation is 1. The molecule has 5 aliphatic rings. The molecule has 1 aromatic carbocycles. The number of ether oxygens (including phenoxy) is 1. The van der Waals surface area contributed by atoms with Gasteiger partial charge in [-0.05, 0) is 61.6 Å². The zero-order valence-electron chi connectivity index (χ0n) is 23.7. The number of hydrogen-bond acceptors (Lipinski definition) is 4. The summed E-state index contributed by atoms with van der Waals surface area (Å²) in [4.78, 5) is 44.3. The van der Waals surface area contributed by atoms with Crippen LogP contribution >= 0.6 is 0 Å². The number of nitrogens with zero attached hydrogens (tertiary/aromatic N) is 1. The van der Waals surface area contributed by atoms with E-state index in [0.717, 1.165) is 44.1 Å². The molecule has 0 radical (unpaired) electrons. The van der Waals surface area contributed by atoms with Crippen LogP contribution in [0.1, 0.15) is 71.3 Å². The lowest BCUT2D eigenvalue weighted by Gasteiger charge is -2.42. The van der Waals surface area contributed by atoms with Gasteiger partial charge >= 0.3 is 0 Å². The number of fused-ring (bicyclic) bond motifs is 1. The van der Waals surface area contributed by atoms with E-state index in [2.05, 4.69) is 31.4 Å². The molecule has 3 heterocycles. The molecule has 2 aliphatic carbocycles. The van der Waals surface area contributed by atoms with Crippen molar-refractivity contribution in [2.75, 3.05) is 5.32 Å². The minimum absolute atomic E-state index is 0.0267. The minimum atomic E-state index is -1.11. The number of carbonyl (C=O) groups is 3. The molecule has 7 heteroatoms. The maximum atomic E-state index is 14.4. The lowest BCUT2D eigenvalue weighted by Crippen LogP contribution is -2.60. The summed E-state index contributed by atoms with van der Waals surface area (Å²) in [5, 5.41) is 6.42. The van der Waals surface area contributed by atoms with Gasteiger partial charge in [0.15, 0.2) is 0 Å². The van der Waals surface area contributed by atoms with Crippen LogP contribution in [0.5, 0.6) is 0 Å². The van der Waals surface area contributed by atoms with Gasteiger partial charge in [-0.2, -0.15) is 0 Å². The van der Waals surface area contributed by atoms with Crippen molar-refractivity contribution in [3.8, 4) is 0 Å². The number of rotatable bonds is 5. The SMILES string of the molecule is Cc1cccc(NC(=O)[C@H]2[C@H]3C=C[C@@]4(O3)[C@H]2C(=O)N([C@@H]2CCCC[C@@H]2C)[C@@H]4C(=O)N[C@@H]2CCC[C@H](C)[C@@H]2C)c1. The van der Waals surface area contributed by atoms with E-state index in [0.29, 0.717) is 23.4 Å². The number of benzene rings is 1. The number of likely N-dealkylation sites (tertiary alicyclic amines) is 1. The maximum absolute atomic E-state index is 14.4. The number of hydrogen-bond donors (Lipinski definition) is 2. The zero-order valence-corrected chi connectivity index (χ0v) is 23.7. The van der Waals surface area contributed by atoms with Gasteiger partial charge in [0.2, 0.25) is 17.7 Å². The van der Waals surface area contributed by atoms with Crippen LogP contribution in [-0.4, -0.2) is 52.5 Å². The standard InChI is InChI=1S/C32H43N3O4/c1-18-9-7-12-22(17-18)33-29(36)26-25-15-16-32(39-25)27(26)31(38)35(24-14-6-5-10-20(24)3)28(32)30(37)34-23-13-8-11-19(2)21(23)4/h7,9,12,15-17,19-21,23-28H,5-6,8,10-11,13-14H2,1-4H3,(H,33,36)(H,34,37)/t19-,20-,21-,23+,24+,25+,26-,27+,28+,32+/m0/s1. The lowest BCUT2D eigenvalue weighted by atomic mass is 9.73. The Bertz CT molecular complexity index is 1180. The summed E-state index contributed by atoms with van der Waals surface area (Å²) >= 11 is 0. The van der Waals surface area contributed by atoms with Crippen molar-refractivity contribution in [1.82, 2.24) is 10.2 Å². The van der Waals surface area contributed by atoms with Crippen molar-refractivity contribution in [3.63, 3.8) is 0 Å². The highest BCUT2D eigenvalue weighted by Gasteiger charge is 2.73. The second-order valence-corrected chi connectivity index (χ2v) is 13.0. The minimum Gasteiger partial charge on any atom is -0.359 e. The average Bonchev–Trinajstić information content (AvgIpc) is 3.54. The van der Waals surface area contributed by atoms with Gasteiger partial charge in [0.1, 0.15) is 11.6 Å². The highest BCUT2D eigenvalue weighted by Crippen LogP contribution is 2.56. The first-order chi connectivity index (χ1) is 18.7. The van der Waals surface area contributed by atoms with E-state index < -0.39 is 29.6 Å². The predicted octanol–water partition coefficient (Wildman–Crippen LogP) is 4.60. The van der Waals surface area contributed by atoms with Crippen LogP contribution in [0.4, 0.5) is 5.69 Å². The fraction of sp³-hybridized carbons (Fsp3) is 0.656. The molecule has 1 spiro atoms. The van der Waals surface area contributed by atoms with Crippen molar-refractivity contribution in [1.29, 1.82) is 0 Å². The normalized spacial score (nSPS) is 41.0. The third-order valence-corrected chi connectivity index (χ3v) is 10.6. The van der Waals surface area contributed by atoms with Crippen molar-refractivity contribution < 1.29 is 19.1 Å². The number of anilines is 1. The Morgan fingerprint density at radius 2 is 1.77 bits per heavy atom. The van der Waals surface area contributed by atoms with Gasteiger partial charge in [0.05, 0.1) is 17.9 Å². The van der Waals surface area contributed by atoms with E-state index in [4.69, 9.17) is 4.74 Å². The Kier molecular flexibility index (Phi) is 6.85. The second-order valence-electron chi connectivity index (χ2n) is 13.0. The van der Waals surface area contributed by atoms with E-state index in [1.807, 2.05) is 48.2 Å². The molecule has 2 bridgehead atoms. The van der Waals surface area contributed by atoms with Crippen LogP contribution in [0.3, 0.4) is 0 Å². The molecule has 7 nitrogen and oxygen atoms in total. The molecular weight excluding hydrogens is 490 g/mol. The molecule has 39 heavy (non-hydrogen) atoms. The van der Waals surface area contributed by atoms with Gasteiger partial charge in [-0.15, -0.1) is 0 Å². The Morgan fingerprint density at radius 1 is 1.00 bits per heavy atom. The molecule has 2 N–H and O–H groups in total. The molecule has 2 saturated heterocycles. The quantitative estimate of drug-likeness (QED) is 0.542. The van der Waals surface area contributed by atoms with Crippen LogP contribution in [0.25, 0.3) is 0 Å². The van der Waals surface area contributed by atoms with Crippen LogP contribution in [0.15, 0.2) is 36.4 Å². The van der Waals surface area contributed by atoms with Crippen LogP contribution in [0, 0.1) is 36.5 Å². The van der Waals surface area contributed by atoms with Crippen LogP contribution in [-0.2, 0) is 19.1 Å². The fourth-order valence-corrected chi connectivity index (χ4v) is 8.27. The Labute approximate surface area is 232 Å².